The molecule has 1 saturated heterocycles. The van der Waals surface area contributed by atoms with E-state index in [2.05, 4.69) is 19.8 Å². The molecular weight excluding hydrogens is 307 g/mol. The summed E-state index contributed by atoms with van der Waals surface area (Å²) in [7, 11) is 0. The number of halogens is 1. The fraction of sp³-hybridized carbons (Fsp3) is 0.412. The Morgan fingerprint density at radius 1 is 1.17 bits per heavy atom. The van der Waals surface area contributed by atoms with Gasteiger partial charge in [0.25, 0.3) is 0 Å². The number of aryl methyl sites for hydroxylation is 1. The first kappa shape index (κ1) is 16.3. The third kappa shape index (κ3) is 4.24. The van der Waals surface area contributed by atoms with Crippen molar-refractivity contribution in [3.8, 4) is 0 Å². The van der Waals surface area contributed by atoms with Crippen LogP contribution >= 0.6 is 0 Å². The van der Waals surface area contributed by atoms with Crippen molar-refractivity contribution in [1.29, 1.82) is 0 Å². The van der Waals surface area contributed by atoms with Gasteiger partial charge in [0.1, 0.15) is 5.82 Å². The first-order chi connectivity index (χ1) is 11.7. The van der Waals surface area contributed by atoms with Crippen LogP contribution in [0.1, 0.15) is 6.42 Å². The normalized spacial score (nSPS) is 15.8. The Hall–Kier alpha value is -2.57. The molecule has 0 unspecified atom stereocenters. The van der Waals surface area contributed by atoms with Crippen molar-refractivity contribution in [2.75, 3.05) is 37.6 Å². The second kappa shape index (κ2) is 7.81. The Balaban J connectivity index is 1.43. The van der Waals surface area contributed by atoms with E-state index in [-0.39, 0.29) is 5.82 Å². The molecule has 6 nitrogen and oxygen atoms in total. The monoisotopic (exact) mass is 330 g/mol. The van der Waals surface area contributed by atoms with Crippen LogP contribution < -0.4 is 10.6 Å². The maximum Gasteiger partial charge on any atom is 0.191 e. The van der Waals surface area contributed by atoms with Crippen molar-refractivity contribution in [1.82, 2.24) is 14.5 Å². The van der Waals surface area contributed by atoms with Gasteiger partial charge in [0.2, 0.25) is 0 Å². The number of guanidine groups is 1. The standard InChI is InChI=1S/C17H23FN6/c18-15-2-4-16(5-3-15)23-10-12-24(13-11-23)17(19)21-6-1-8-22-9-7-20-14-22/h2-5,7,9,14H,1,6,8,10-13H2,(H2,19,21). The third-order valence-electron chi connectivity index (χ3n) is 4.20. The molecule has 2 heterocycles. The van der Waals surface area contributed by atoms with Gasteiger partial charge in [-0.1, -0.05) is 0 Å². The minimum absolute atomic E-state index is 0.204. The highest BCUT2D eigenvalue weighted by Crippen LogP contribution is 2.16. The Morgan fingerprint density at radius 3 is 2.58 bits per heavy atom. The largest absolute Gasteiger partial charge is 0.370 e. The van der Waals surface area contributed by atoms with Crippen LogP contribution in [0.15, 0.2) is 48.0 Å². The van der Waals surface area contributed by atoms with E-state index in [1.165, 1.54) is 12.1 Å². The van der Waals surface area contributed by atoms with Gasteiger partial charge in [0.15, 0.2) is 5.96 Å². The Labute approximate surface area is 141 Å². The molecule has 0 atom stereocenters. The summed E-state index contributed by atoms with van der Waals surface area (Å²) in [6.07, 6.45) is 6.47. The molecule has 7 heteroatoms. The molecule has 1 aromatic carbocycles. The molecule has 1 aromatic heterocycles. The summed E-state index contributed by atoms with van der Waals surface area (Å²) in [4.78, 5) is 12.8. The minimum Gasteiger partial charge on any atom is -0.370 e. The van der Waals surface area contributed by atoms with Crippen LogP contribution in [0.25, 0.3) is 0 Å². The van der Waals surface area contributed by atoms with Crippen LogP contribution in [0.5, 0.6) is 0 Å². The zero-order valence-corrected chi connectivity index (χ0v) is 13.7. The lowest BCUT2D eigenvalue weighted by Gasteiger charge is -2.36. The first-order valence-electron chi connectivity index (χ1n) is 8.23. The Morgan fingerprint density at radius 2 is 1.92 bits per heavy atom. The molecule has 128 valence electrons. The first-order valence-corrected chi connectivity index (χ1v) is 8.23. The molecule has 3 rings (SSSR count). The van der Waals surface area contributed by atoms with Gasteiger partial charge < -0.3 is 20.1 Å². The van der Waals surface area contributed by atoms with E-state index in [1.807, 2.05) is 29.2 Å². The smallest absolute Gasteiger partial charge is 0.191 e. The number of anilines is 1. The predicted molar refractivity (Wildman–Crippen MR) is 93.5 cm³/mol. The molecule has 1 fully saturated rings. The lowest BCUT2D eigenvalue weighted by atomic mass is 10.2. The zero-order chi connectivity index (χ0) is 16.8. The van der Waals surface area contributed by atoms with Gasteiger partial charge in [-0.25, -0.2) is 9.37 Å². The molecular formula is C17H23FN6. The van der Waals surface area contributed by atoms with Crippen LogP contribution in [0.4, 0.5) is 10.1 Å². The molecule has 2 aromatic rings. The molecule has 2 N–H and O–H groups in total. The van der Waals surface area contributed by atoms with Crippen molar-refractivity contribution >= 4 is 11.6 Å². The second-order valence-corrected chi connectivity index (χ2v) is 5.84. The topological polar surface area (TPSA) is 62.7 Å². The van der Waals surface area contributed by atoms with Crippen molar-refractivity contribution in [2.45, 2.75) is 13.0 Å². The average Bonchev–Trinajstić information content (AvgIpc) is 3.13. The number of aliphatic imine (C=N–C) groups is 1. The van der Waals surface area contributed by atoms with E-state index in [0.717, 1.165) is 44.8 Å². The number of nitrogens with zero attached hydrogens (tertiary/aromatic N) is 5. The Kier molecular flexibility index (Phi) is 5.30. The molecule has 0 amide bonds. The van der Waals surface area contributed by atoms with Crippen LogP contribution in [0.2, 0.25) is 0 Å². The van der Waals surface area contributed by atoms with Crippen molar-refractivity contribution in [3.05, 3.63) is 48.8 Å². The SMILES string of the molecule is NC(=NCCCn1ccnc1)N1CCN(c2ccc(F)cc2)CC1. The second-order valence-electron chi connectivity index (χ2n) is 5.84. The van der Waals surface area contributed by atoms with E-state index < -0.39 is 0 Å². The Bertz CT molecular complexity index is 644. The van der Waals surface area contributed by atoms with Crippen LogP contribution in [0, 0.1) is 5.82 Å². The number of hydrogen-bond acceptors (Lipinski definition) is 3. The van der Waals surface area contributed by atoms with Gasteiger partial charge in [-0.3, -0.25) is 4.99 Å². The molecule has 0 aliphatic carbocycles. The molecule has 0 spiro atoms. The number of benzene rings is 1. The quantitative estimate of drug-likeness (QED) is 0.513. The summed E-state index contributed by atoms with van der Waals surface area (Å²) in [5, 5.41) is 0. The van der Waals surface area contributed by atoms with Gasteiger partial charge in [-0.2, -0.15) is 0 Å². The maximum atomic E-state index is 13.0. The van der Waals surface area contributed by atoms with Crippen molar-refractivity contribution in [3.63, 3.8) is 0 Å². The highest BCUT2D eigenvalue weighted by atomic mass is 19.1. The number of imidazole rings is 1. The van der Waals surface area contributed by atoms with Crippen LogP contribution in [0.3, 0.4) is 0 Å². The summed E-state index contributed by atoms with van der Waals surface area (Å²) in [6, 6.07) is 6.63. The molecule has 1 aliphatic rings. The molecule has 24 heavy (non-hydrogen) atoms. The van der Waals surface area contributed by atoms with Crippen molar-refractivity contribution < 1.29 is 4.39 Å². The summed E-state index contributed by atoms with van der Waals surface area (Å²) in [5.41, 5.74) is 7.15. The summed E-state index contributed by atoms with van der Waals surface area (Å²) < 4.78 is 15.0. The van der Waals surface area contributed by atoms with Gasteiger partial charge in [-0.05, 0) is 30.7 Å². The summed E-state index contributed by atoms with van der Waals surface area (Å²) >= 11 is 0. The molecule has 1 aliphatic heterocycles. The highest BCUT2D eigenvalue weighted by molar-refractivity contribution is 5.78. The lowest BCUT2D eigenvalue weighted by Crippen LogP contribution is -2.51. The van der Waals surface area contributed by atoms with Crippen LogP contribution in [-0.4, -0.2) is 53.1 Å². The third-order valence-corrected chi connectivity index (χ3v) is 4.20. The fourth-order valence-electron chi connectivity index (χ4n) is 2.81. The number of hydrogen-bond donors (Lipinski definition) is 1. The fourth-order valence-corrected chi connectivity index (χ4v) is 2.81. The molecule has 0 bridgehead atoms. The lowest BCUT2D eigenvalue weighted by molar-refractivity contribution is 0.380. The summed E-state index contributed by atoms with van der Waals surface area (Å²) in [6.45, 7) is 4.98. The predicted octanol–water partition coefficient (Wildman–Crippen LogP) is 1.55. The van der Waals surface area contributed by atoms with E-state index in [9.17, 15) is 4.39 Å². The average molecular weight is 330 g/mol. The molecule has 0 radical (unpaired) electrons. The van der Waals surface area contributed by atoms with E-state index in [1.54, 1.807) is 6.20 Å². The van der Waals surface area contributed by atoms with Gasteiger partial charge >= 0.3 is 0 Å². The maximum absolute atomic E-state index is 13.0. The number of aromatic nitrogens is 2. The van der Waals surface area contributed by atoms with E-state index >= 15 is 0 Å². The van der Waals surface area contributed by atoms with Gasteiger partial charge in [0, 0.05) is 57.3 Å². The van der Waals surface area contributed by atoms with E-state index in [4.69, 9.17) is 5.73 Å². The summed E-state index contributed by atoms with van der Waals surface area (Å²) in [5.74, 6) is 0.406. The van der Waals surface area contributed by atoms with Crippen molar-refractivity contribution in [2.24, 2.45) is 10.7 Å². The minimum atomic E-state index is -0.204. The van der Waals surface area contributed by atoms with Gasteiger partial charge in [0.05, 0.1) is 6.33 Å². The van der Waals surface area contributed by atoms with E-state index in [0.29, 0.717) is 12.5 Å². The molecule has 0 saturated carbocycles. The number of nitrogens with two attached hydrogens (primary N) is 1. The van der Waals surface area contributed by atoms with Gasteiger partial charge in [-0.15, -0.1) is 0 Å². The number of rotatable bonds is 5. The zero-order valence-electron chi connectivity index (χ0n) is 13.7. The number of piperazine rings is 1. The van der Waals surface area contributed by atoms with Crippen LogP contribution in [-0.2, 0) is 6.54 Å². The highest BCUT2D eigenvalue weighted by Gasteiger charge is 2.18.